The van der Waals surface area contributed by atoms with Crippen LogP contribution in [0.4, 0.5) is 8.78 Å². The summed E-state index contributed by atoms with van der Waals surface area (Å²) in [5.74, 6) is 1.43. The van der Waals surface area contributed by atoms with Crippen LogP contribution in [0, 0.1) is 25.5 Å². The maximum Gasteiger partial charge on any atom is 0.255 e. The van der Waals surface area contributed by atoms with E-state index in [1.165, 1.54) is 12.1 Å². The standard InChI is InChI=1S/C21H23F2N5O2/c1-13-9-17(14(2)30-13)21(29)24-11-20-26-25-19-5-6-27(7-8-28(19)20)12-15-3-4-16(22)10-18(15)23/h3-4,9-10H,5-8,11-12H2,1-2H3,(H,24,29). The Morgan fingerprint density at radius 3 is 2.73 bits per heavy atom. The molecule has 7 nitrogen and oxygen atoms in total. The Morgan fingerprint density at radius 1 is 1.17 bits per heavy atom. The van der Waals surface area contributed by atoms with Crippen molar-refractivity contribution in [2.24, 2.45) is 0 Å². The number of aryl methyl sites for hydroxylation is 2. The lowest BCUT2D eigenvalue weighted by Gasteiger charge is -2.20. The maximum atomic E-state index is 14.0. The first-order valence-corrected chi connectivity index (χ1v) is 9.83. The number of hydrogen-bond acceptors (Lipinski definition) is 5. The van der Waals surface area contributed by atoms with Crippen LogP contribution in [0.25, 0.3) is 0 Å². The molecule has 158 valence electrons. The summed E-state index contributed by atoms with van der Waals surface area (Å²) in [6.45, 7) is 6.19. The summed E-state index contributed by atoms with van der Waals surface area (Å²) in [7, 11) is 0. The minimum Gasteiger partial charge on any atom is -0.466 e. The lowest BCUT2D eigenvalue weighted by molar-refractivity contribution is 0.0948. The Bertz CT molecular complexity index is 1080. The molecule has 1 aliphatic heterocycles. The molecule has 0 spiro atoms. The molecule has 0 saturated carbocycles. The van der Waals surface area contributed by atoms with E-state index in [4.69, 9.17) is 4.42 Å². The fraction of sp³-hybridized carbons (Fsp3) is 0.381. The van der Waals surface area contributed by atoms with E-state index in [2.05, 4.69) is 20.4 Å². The van der Waals surface area contributed by atoms with Crippen molar-refractivity contribution in [3.8, 4) is 0 Å². The second-order valence-corrected chi connectivity index (χ2v) is 7.46. The number of hydrogen-bond donors (Lipinski definition) is 1. The number of halogens is 2. The summed E-state index contributed by atoms with van der Waals surface area (Å²) in [5, 5.41) is 11.3. The van der Waals surface area contributed by atoms with Gasteiger partial charge in [-0.25, -0.2) is 8.78 Å². The van der Waals surface area contributed by atoms with E-state index < -0.39 is 11.6 Å². The Labute approximate surface area is 172 Å². The Morgan fingerprint density at radius 2 is 2.00 bits per heavy atom. The molecular formula is C21H23F2N5O2. The quantitative estimate of drug-likeness (QED) is 0.694. The van der Waals surface area contributed by atoms with Crippen molar-refractivity contribution < 1.29 is 18.0 Å². The topological polar surface area (TPSA) is 76.2 Å². The predicted molar refractivity (Wildman–Crippen MR) is 105 cm³/mol. The number of nitrogens with one attached hydrogen (secondary N) is 1. The van der Waals surface area contributed by atoms with Crippen molar-refractivity contribution >= 4 is 5.91 Å². The molecule has 0 fully saturated rings. The van der Waals surface area contributed by atoms with E-state index in [0.29, 0.717) is 61.1 Å². The largest absolute Gasteiger partial charge is 0.466 e. The Balaban J connectivity index is 1.39. The number of aromatic nitrogens is 3. The maximum absolute atomic E-state index is 14.0. The third-order valence-electron chi connectivity index (χ3n) is 5.30. The third-order valence-corrected chi connectivity index (χ3v) is 5.30. The molecule has 0 aliphatic carbocycles. The molecule has 1 amide bonds. The molecule has 0 unspecified atom stereocenters. The number of benzene rings is 1. The number of carbonyl (C=O) groups is 1. The first-order chi connectivity index (χ1) is 14.4. The molecule has 0 saturated heterocycles. The molecule has 0 bridgehead atoms. The number of amides is 1. The SMILES string of the molecule is Cc1cc(C(=O)NCc2nnc3n2CCN(Cc2ccc(F)cc2F)CC3)c(C)o1. The summed E-state index contributed by atoms with van der Waals surface area (Å²) in [4.78, 5) is 14.5. The van der Waals surface area contributed by atoms with E-state index in [9.17, 15) is 13.6 Å². The lowest BCUT2D eigenvalue weighted by Crippen LogP contribution is -2.28. The highest BCUT2D eigenvalue weighted by molar-refractivity contribution is 5.95. The molecule has 30 heavy (non-hydrogen) atoms. The summed E-state index contributed by atoms with van der Waals surface area (Å²) in [6.07, 6.45) is 0.657. The Kier molecular flexibility index (Phi) is 5.63. The monoisotopic (exact) mass is 415 g/mol. The summed E-state index contributed by atoms with van der Waals surface area (Å²) in [6, 6.07) is 5.37. The summed E-state index contributed by atoms with van der Waals surface area (Å²) in [5.41, 5.74) is 0.975. The summed E-state index contributed by atoms with van der Waals surface area (Å²) >= 11 is 0. The van der Waals surface area contributed by atoms with Crippen molar-refractivity contribution in [1.82, 2.24) is 25.0 Å². The van der Waals surface area contributed by atoms with Crippen LogP contribution >= 0.6 is 0 Å². The van der Waals surface area contributed by atoms with Gasteiger partial charge in [0.25, 0.3) is 5.91 Å². The normalized spacial score (nSPS) is 14.4. The molecule has 1 aliphatic rings. The van der Waals surface area contributed by atoms with Gasteiger partial charge in [0.05, 0.1) is 12.1 Å². The van der Waals surface area contributed by atoms with Crippen LogP contribution in [0.2, 0.25) is 0 Å². The predicted octanol–water partition coefficient (Wildman–Crippen LogP) is 2.75. The van der Waals surface area contributed by atoms with E-state index in [1.807, 2.05) is 4.57 Å². The molecule has 9 heteroatoms. The average Bonchev–Trinajstić information content (AvgIpc) is 3.18. The molecule has 3 heterocycles. The number of rotatable bonds is 5. The van der Waals surface area contributed by atoms with Crippen molar-refractivity contribution in [3.05, 3.63) is 70.2 Å². The van der Waals surface area contributed by atoms with E-state index >= 15 is 0 Å². The molecule has 4 rings (SSSR count). The number of nitrogens with zero attached hydrogens (tertiary/aromatic N) is 4. The van der Waals surface area contributed by atoms with Crippen molar-refractivity contribution in [2.45, 2.75) is 39.9 Å². The molecule has 3 aromatic rings. The van der Waals surface area contributed by atoms with Crippen LogP contribution in [0.5, 0.6) is 0 Å². The van der Waals surface area contributed by atoms with Crippen molar-refractivity contribution in [2.75, 3.05) is 13.1 Å². The molecular weight excluding hydrogens is 392 g/mol. The van der Waals surface area contributed by atoms with Crippen molar-refractivity contribution in [3.63, 3.8) is 0 Å². The first kappa shape index (κ1) is 20.2. The van der Waals surface area contributed by atoms with Gasteiger partial charge in [-0.2, -0.15) is 0 Å². The van der Waals surface area contributed by atoms with Gasteiger partial charge in [-0.3, -0.25) is 9.69 Å². The van der Waals surface area contributed by atoms with Crippen LogP contribution in [0.1, 0.15) is 39.1 Å². The Hall–Kier alpha value is -3.07. The van der Waals surface area contributed by atoms with E-state index in [-0.39, 0.29) is 12.5 Å². The van der Waals surface area contributed by atoms with Gasteiger partial charge < -0.3 is 14.3 Å². The summed E-state index contributed by atoms with van der Waals surface area (Å²) < 4.78 is 34.5. The zero-order valence-electron chi connectivity index (χ0n) is 16.9. The van der Waals surface area contributed by atoms with Gasteiger partial charge in [0, 0.05) is 44.2 Å². The zero-order valence-corrected chi connectivity index (χ0v) is 16.9. The van der Waals surface area contributed by atoms with Crippen LogP contribution in [0.3, 0.4) is 0 Å². The van der Waals surface area contributed by atoms with Gasteiger partial charge >= 0.3 is 0 Å². The molecule has 0 atom stereocenters. The van der Waals surface area contributed by atoms with Gasteiger partial charge in [0.1, 0.15) is 29.0 Å². The van der Waals surface area contributed by atoms with Gasteiger partial charge in [0.15, 0.2) is 5.82 Å². The highest BCUT2D eigenvalue weighted by Crippen LogP contribution is 2.16. The fourth-order valence-electron chi connectivity index (χ4n) is 3.72. The molecule has 2 aromatic heterocycles. The first-order valence-electron chi connectivity index (χ1n) is 9.83. The molecule has 0 radical (unpaired) electrons. The minimum absolute atomic E-state index is 0.219. The smallest absolute Gasteiger partial charge is 0.255 e. The zero-order chi connectivity index (χ0) is 21.3. The highest BCUT2D eigenvalue weighted by Gasteiger charge is 2.21. The fourth-order valence-corrected chi connectivity index (χ4v) is 3.72. The number of furan rings is 1. The van der Waals surface area contributed by atoms with Crippen molar-refractivity contribution in [1.29, 1.82) is 0 Å². The number of carbonyl (C=O) groups excluding carboxylic acids is 1. The van der Waals surface area contributed by atoms with Crippen LogP contribution < -0.4 is 5.32 Å². The second kappa shape index (κ2) is 8.35. The minimum atomic E-state index is -0.578. The van der Waals surface area contributed by atoms with Gasteiger partial charge in [-0.15, -0.1) is 10.2 Å². The average molecular weight is 415 g/mol. The van der Waals surface area contributed by atoms with Crippen LogP contribution in [-0.4, -0.2) is 38.7 Å². The third kappa shape index (κ3) is 4.25. The molecule has 1 N–H and O–H groups in total. The lowest BCUT2D eigenvalue weighted by atomic mass is 10.2. The van der Waals surface area contributed by atoms with Gasteiger partial charge in [0.2, 0.25) is 0 Å². The van der Waals surface area contributed by atoms with Gasteiger partial charge in [-0.1, -0.05) is 6.07 Å². The number of fused-ring (bicyclic) bond motifs is 1. The van der Waals surface area contributed by atoms with Gasteiger partial charge in [-0.05, 0) is 26.0 Å². The molecule has 1 aromatic carbocycles. The van der Waals surface area contributed by atoms with Crippen LogP contribution in [0.15, 0.2) is 28.7 Å². The second-order valence-electron chi connectivity index (χ2n) is 7.46. The van der Waals surface area contributed by atoms with E-state index in [0.717, 1.165) is 11.9 Å². The van der Waals surface area contributed by atoms with Crippen LogP contribution in [-0.2, 0) is 26.1 Å². The van der Waals surface area contributed by atoms with E-state index in [1.54, 1.807) is 19.9 Å². The highest BCUT2D eigenvalue weighted by atomic mass is 19.1.